The highest BCUT2D eigenvalue weighted by Crippen LogP contribution is 2.63. The number of nitrogens with one attached hydrogen (secondary N) is 2. The highest BCUT2D eigenvalue weighted by atomic mass is 35.5. The van der Waals surface area contributed by atoms with Gasteiger partial charge in [-0.3, -0.25) is 20.4 Å². The van der Waals surface area contributed by atoms with Gasteiger partial charge in [0, 0.05) is 24.1 Å². The lowest BCUT2D eigenvalue weighted by Crippen LogP contribution is -2.45. The van der Waals surface area contributed by atoms with Crippen LogP contribution in [0.25, 0.3) is 10.9 Å². The fourth-order valence-corrected chi connectivity index (χ4v) is 3.19. The molecule has 0 radical (unpaired) electrons. The number of benzene rings is 1. The van der Waals surface area contributed by atoms with Crippen LogP contribution >= 0.6 is 23.2 Å². The molecule has 116 valence electrons. The van der Waals surface area contributed by atoms with Crippen molar-refractivity contribution in [3.63, 3.8) is 0 Å². The van der Waals surface area contributed by atoms with E-state index in [1.807, 2.05) is 35.9 Å². The summed E-state index contributed by atoms with van der Waals surface area (Å²) in [5.41, 5.74) is 5.37. The summed E-state index contributed by atoms with van der Waals surface area (Å²) in [6.07, 6.45) is 2.08. The van der Waals surface area contributed by atoms with E-state index in [1.54, 1.807) is 13.1 Å². The summed E-state index contributed by atoms with van der Waals surface area (Å²) in [6, 6.07) is 7.54. The Morgan fingerprint density at radius 2 is 1.86 bits per heavy atom. The number of hydrazine groups is 1. The van der Waals surface area contributed by atoms with Crippen LogP contribution in [0.1, 0.15) is 23.7 Å². The maximum absolute atomic E-state index is 12.3. The third-order valence-electron chi connectivity index (χ3n) is 4.19. The van der Waals surface area contributed by atoms with Gasteiger partial charge < -0.3 is 4.57 Å². The van der Waals surface area contributed by atoms with Crippen LogP contribution in [-0.4, -0.2) is 20.7 Å². The first kappa shape index (κ1) is 15.2. The second-order valence-corrected chi connectivity index (χ2v) is 7.28. The number of nitrogens with zero attached hydrogens (tertiary/aromatic N) is 1. The number of hydrogen-bond acceptors (Lipinski definition) is 2. The predicted molar refractivity (Wildman–Crippen MR) is 85.7 cm³/mol. The van der Waals surface area contributed by atoms with E-state index in [-0.39, 0.29) is 5.91 Å². The smallest absolute Gasteiger partial charge is 0.271 e. The Balaban J connectivity index is 1.74. The maximum atomic E-state index is 12.3. The molecule has 1 heterocycles. The van der Waals surface area contributed by atoms with Crippen LogP contribution in [0, 0.1) is 5.41 Å². The number of aryl methyl sites for hydroxylation is 1. The van der Waals surface area contributed by atoms with E-state index in [0.717, 1.165) is 10.9 Å². The molecule has 0 saturated heterocycles. The zero-order valence-electron chi connectivity index (χ0n) is 12.1. The molecule has 1 aliphatic carbocycles. The minimum Gasteiger partial charge on any atom is -0.350 e. The molecule has 0 bridgehead atoms. The number of carbonyl (C=O) groups is 2. The van der Waals surface area contributed by atoms with Gasteiger partial charge in [0.25, 0.3) is 5.91 Å². The van der Waals surface area contributed by atoms with Gasteiger partial charge in [-0.1, -0.05) is 18.2 Å². The molecule has 1 fully saturated rings. The van der Waals surface area contributed by atoms with Crippen LogP contribution in [0.5, 0.6) is 0 Å². The van der Waals surface area contributed by atoms with Crippen molar-refractivity contribution in [3.05, 3.63) is 36.0 Å². The van der Waals surface area contributed by atoms with Gasteiger partial charge in [0.05, 0.1) is 11.0 Å². The van der Waals surface area contributed by atoms with E-state index in [1.165, 1.54) is 0 Å². The Bertz CT molecular complexity index is 784. The molecular weight excluding hydrogens is 325 g/mol. The first-order valence-electron chi connectivity index (χ1n) is 6.79. The van der Waals surface area contributed by atoms with Gasteiger partial charge in [-0.25, -0.2) is 0 Å². The molecular formula is C15H15Cl2N3O2. The molecule has 1 aromatic heterocycles. The second-order valence-electron chi connectivity index (χ2n) is 5.79. The zero-order valence-corrected chi connectivity index (χ0v) is 13.6. The number of amides is 2. The molecule has 1 atom stereocenters. The average molecular weight is 340 g/mol. The fourth-order valence-electron chi connectivity index (χ4n) is 2.49. The topological polar surface area (TPSA) is 63.1 Å². The molecule has 1 aliphatic rings. The van der Waals surface area contributed by atoms with E-state index in [2.05, 4.69) is 10.9 Å². The summed E-state index contributed by atoms with van der Waals surface area (Å²) in [4.78, 5) is 24.3. The first-order valence-corrected chi connectivity index (χ1v) is 7.54. The minimum atomic E-state index is -1.07. The molecule has 2 amide bonds. The molecule has 0 spiro atoms. The minimum absolute atomic E-state index is 0.360. The second kappa shape index (κ2) is 4.89. The van der Waals surface area contributed by atoms with E-state index < -0.39 is 15.7 Å². The maximum Gasteiger partial charge on any atom is 0.271 e. The fraction of sp³-hybridized carbons (Fsp3) is 0.333. The molecule has 5 nitrogen and oxygen atoms in total. The van der Waals surface area contributed by atoms with E-state index in [0.29, 0.717) is 12.0 Å². The Morgan fingerprint density at radius 1 is 1.23 bits per heavy atom. The van der Waals surface area contributed by atoms with Crippen LogP contribution in [0.15, 0.2) is 30.5 Å². The summed E-state index contributed by atoms with van der Waals surface area (Å²) >= 11 is 11.9. The van der Waals surface area contributed by atoms with Crippen molar-refractivity contribution in [2.24, 2.45) is 12.5 Å². The van der Waals surface area contributed by atoms with Crippen LogP contribution < -0.4 is 10.9 Å². The molecule has 0 aliphatic heterocycles. The van der Waals surface area contributed by atoms with Gasteiger partial charge >= 0.3 is 0 Å². The number of carbonyl (C=O) groups excluding carboxylic acids is 2. The Kier molecular flexibility index (Phi) is 3.38. The normalized spacial score (nSPS) is 22.4. The number of aromatic nitrogens is 1. The lowest BCUT2D eigenvalue weighted by Gasteiger charge is -2.13. The van der Waals surface area contributed by atoms with Gasteiger partial charge in [0.2, 0.25) is 5.91 Å². The van der Waals surface area contributed by atoms with Crippen LogP contribution in [0.4, 0.5) is 0 Å². The molecule has 22 heavy (non-hydrogen) atoms. The van der Waals surface area contributed by atoms with Crippen molar-refractivity contribution in [2.45, 2.75) is 17.7 Å². The standard InChI is InChI=1S/C15H15Cl2N3O2/c1-14(8-15(14,16)17)13(22)19-18-12(21)10-7-20(2)11-6-4-3-5-9(10)11/h3-7H,8H2,1-2H3,(H,18,21)(H,19,22). The Morgan fingerprint density at radius 3 is 2.50 bits per heavy atom. The van der Waals surface area contributed by atoms with Crippen molar-refractivity contribution in [2.75, 3.05) is 0 Å². The highest BCUT2D eigenvalue weighted by Gasteiger charge is 2.68. The van der Waals surface area contributed by atoms with Gasteiger partial charge in [-0.2, -0.15) is 0 Å². The van der Waals surface area contributed by atoms with Gasteiger partial charge in [-0.05, 0) is 19.4 Å². The number of halogens is 2. The molecule has 2 aromatic rings. The summed E-state index contributed by atoms with van der Waals surface area (Å²) in [6.45, 7) is 1.66. The van der Waals surface area contributed by atoms with Crippen molar-refractivity contribution < 1.29 is 9.59 Å². The van der Waals surface area contributed by atoms with Crippen molar-refractivity contribution in [3.8, 4) is 0 Å². The number of rotatable bonds is 2. The Hall–Kier alpha value is -1.72. The van der Waals surface area contributed by atoms with E-state index >= 15 is 0 Å². The van der Waals surface area contributed by atoms with Crippen LogP contribution in [0.3, 0.4) is 0 Å². The number of hydrogen-bond donors (Lipinski definition) is 2. The van der Waals surface area contributed by atoms with Crippen molar-refractivity contribution >= 4 is 45.9 Å². The number of fused-ring (bicyclic) bond motifs is 1. The van der Waals surface area contributed by atoms with Crippen LogP contribution in [-0.2, 0) is 11.8 Å². The summed E-state index contributed by atoms with van der Waals surface area (Å²) < 4.78 is 0.790. The third-order valence-corrected chi connectivity index (χ3v) is 5.29. The lowest BCUT2D eigenvalue weighted by molar-refractivity contribution is -0.126. The summed E-state index contributed by atoms with van der Waals surface area (Å²) in [5, 5.41) is 0.818. The van der Waals surface area contributed by atoms with E-state index in [4.69, 9.17) is 23.2 Å². The average Bonchev–Trinajstić information content (AvgIpc) is 2.84. The third kappa shape index (κ3) is 2.25. The molecule has 7 heteroatoms. The molecule has 1 aromatic carbocycles. The molecule has 2 N–H and O–H groups in total. The summed E-state index contributed by atoms with van der Waals surface area (Å²) in [5.74, 6) is -0.782. The first-order chi connectivity index (χ1) is 10.3. The van der Waals surface area contributed by atoms with Gasteiger partial charge in [-0.15, -0.1) is 23.2 Å². The highest BCUT2D eigenvalue weighted by molar-refractivity contribution is 6.53. The zero-order chi connectivity index (χ0) is 16.1. The molecule has 3 rings (SSSR count). The quantitative estimate of drug-likeness (QED) is 0.652. The number of alkyl halides is 2. The van der Waals surface area contributed by atoms with Gasteiger partial charge in [0.15, 0.2) is 0 Å². The lowest BCUT2D eigenvalue weighted by atomic mass is 10.1. The largest absolute Gasteiger partial charge is 0.350 e. The Labute approximate surface area is 137 Å². The molecule has 1 unspecified atom stereocenters. The number of para-hydroxylation sites is 1. The van der Waals surface area contributed by atoms with Crippen molar-refractivity contribution in [1.82, 2.24) is 15.4 Å². The SMILES string of the molecule is Cn1cc(C(=O)NNC(=O)C2(C)CC2(Cl)Cl)c2ccccc21. The van der Waals surface area contributed by atoms with Gasteiger partial charge in [0.1, 0.15) is 4.33 Å². The van der Waals surface area contributed by atoms with Crippen LogP contribution in [0.2, 0.25) is 0 Å². The monoisotopic (exact) mass is 339 g/mol. The molecule has 1 saturated carbocycles. The van der Waals surface area contributed by atoms with Crippen molar-refractivity contribution in [1.29, 1.82) is 0 Å². The summed E-state index contributed by atoms with van der Waals surface area (Å²) in [7, 11) is 1.86. The van der Waals surface area contributed by atoms with E-state index in [9.17, 15) is 9.59 Å². The predicted octanol–water partition coefficient (Wildman–Crippen LogP) is 2.52.